The molecule has 0 saturated carbocycles. The molecule has 7 heteroatoms. The number of hydrogen-bond donors (Lipinski definition) is 0. The van der Waals surface area contributed by atoms with Crippen molar-refractivity contribution in [2.45, 2.75) is 19.6 Å². The molecule has 0 fully saturated rings. The van der Waals surface area contributed by atoms with Crippen LogP contribution in [0.1, 0.15) is 17.5 Å². The predicted octanol–water partition coefficient (Wildman–Crippen LogP) is 2.62. The first kappa shape index (κ1) is 13.5. The van der Waals surface area contributed by atoms with Crippen molar-refractivity contribution in [1.29, 1.82) is 0 Å². The lowest BCUT2D eigenvalue weighted by atomic mass is 10.4. The molecule has 0 aliphatic heterocycles. The number of aryl methyl sites for hydroxylation is 1. The Morgan fingerprint density at radius 3 is 3.17 bits per heavy atom. The fraction of sp³-hybridized carbons (Fsp3) is 0.364. The minimum atomic E-state index is -0.0534. The van der Waals surface area contributed by atoms with Crippen molar-refractivity contribution in [1.82, 2.24) is 9.38 Å². The number of hydrogen-bond acceptors (Lipinski definition) is 6. The highest BCUT2D eigenvalue weighted by atomic mass is 32.2. The zero-order valence-corrected chi connectivity index (χ0v) is 12.5. The second-order valence-corrected chi connectivity index (χ2v) is 6.34. The van der Waals surface area contributed by atoms with Crippen molar-refractivity contribution in [3.8, 4) is 0 Å². The largest absolute Gasteiger partial charge is 0.479 e. The third kappa shape index (κ3) is 3.09. The number of thiazole rings is 1. The van der Waals surface area contributed by atoms with Gasteiger partial charge in [0.05, 0.1) is 12.3 Å². The summed E-state index contributed by atoms with van der Waals surface area (Å²) in [6, 6.07) is 1.54. The summed E-state index contributed by atoms with van der Waals surface area (Å²) in [4.78, 5) is 18.1. The van der Waals surface area contributed by atoms with Gasteiger partial charge in [-0.05, 0) is 26.1 Å². The molecule has 0 spiro atoms. The third-order valence-corrected chi connectivity index (χ3v) is 4.30. The average molecular weight is 300 g/mol. The van der Waals surface area contributed by atoms with E-state index in [1.807, 2.05) is 13.8 Å². The van der Waals surface area contributed by atoms with Crippen LogP contribution in [0.4, 0.5) is 0 Å². The van der Waals surface area contributed by atoms with Gasteiger partial charge in [0.1, 0.15) is 0 Å². The van der Waals surface area contributed by atoms with Crippen LogP contribution in [0.5, 0.6) is 0 Å². The molecular weight excluding hydrogens is 288 g/mol. The number of nitrogens with zero attached hydrogens (tertiary/aromatic N) is 2. The monoisotopic (exact) mass is 300 g/mol. The molecule has 0 unspecified atom stereocenters. The lowest BCUT2D eigenvalue weighted by Gasteiger charge is -2.03. The van der Waals surface area contributed by atoms with Gasteiger partial charge >= 0.3 is 0 Å². The van der Waals surface area contributed by atoms with E-state index in [1.54, 1.807) is 16.7 Å². The third-order valence-electron chi connectivity index (χ3n) is 2.14. The van der Waals surface area contributed by atoms with Gasteiger partial charge in [-0.1, -0.05) is 11.8 Å². The molecule has 0 amide bonds. The summed E-state index contributed by atoms with van der Waals surface area (Å²) in [6.45, 7) is 4.40. The summed E-state index contributed by atoms with van der Waals surface area (Å²) in [6.07, 6.45) is 1.80. The lowest BCUT2D eigenvalue weighted by Crippen LogP contribution is -2.13. The molecule has 96 valence electrons. The zero-order valence-electron chi connectivity index (χ0n) is 10.0. The van der Waals surface area contributed by atoms with Crippen LogP contribution in [0.2, 0.25) is 0 Å². The summed E-state index contributed by atoms with van der Waals surface area (Å²) >= 11 is 7.90. The van der Waals surface area contributed by atoms with Crippen molar-refractivity contribution in [2.24, 2.45) is 0 Å². The van der Waals surface area contributed by atoms with Gasteiger partial charge < -0.3 is 4.74 Å². The Morgan fingerprint density at radius 1 is 1.67 bits per heavy atom. The normalized spacial score (nSPS) is 10.8. The van der Waals surface area contributed by atoms with Gasteiger partial charge in [-0.2, -0.15) is 0 Å². The molecule has 0 bridgehead atoms. The van der Waals surface area contributed by atoms with Gasteiger partial charge in [0.25, 0.3) is 5.56 Å². The molecule has 18 heavy (non-hydrogen) atoms. The van der Waals surface area contributed by atoms with Crippen molar-refractivity contribution < 1.29 is 4.74 Å². The van der Waals surface area contributed by atoms with Crippen LogP contribution in [-0.4, -0.2) is 20.4 Å². The number of aromatic nitrogens is 2. The van der Waals surface area contributed by atoms with Crippen LogP contribution in [0, 0.1) is 6.92 Å². The Morgan fingerprint density at radius 2 is 2.44 bits per heavy atom. The van der Waals surface area contributed by atoms with Gasteiger partial charge in [-0.3, -0.25) is 9.20 Å². The maximum Gasteiger partial charge on any atom is 0.258 e. The minimum absolute atomic E-state index is 0.0534. The van der Waals surface area contributed by atoms with Crippen molar-refractivity contribution in [2.75, 3.05) is 6.61 Å². The van der Waals surface area contributed by atoms with Gasteiger partial charge in [0, 0.05) is 22.9 Å². The topological polar surface area (TPSA) is 43.6 Å². The molecule has 0 saturated heterocycles. The maximum absolute atomic E-state index is 11.8. The molecule has 4 nitrogen and oxygen atoms in total. The average Bonchev–Trinajstić information content (AvgIpc) is 2.68. The van der Waals surface area contributed by atoms with Gasteiger partial charge in [0.2, 0.25) is 4.38 Å². The van der Waals surface area contributed by atoms with E-state index in [2.05, 4.69) is 4.98 Å². The molecule has 0 radical (unpaired) electrons. The van der Waals surface area contributed by atoms with E-state index in [9.17, 15) is 4.79 Å². The van der Waals surface area contributed by atoms with Crippen molar-refractivity contribution in [3.63, 3.8) is 0 Å². The number of rotatable bonds is 3. The summed E-state index contributed by atoms with van der Waals surface area (Å²) in [5, 5.41) is 0. The molecule has 2 aromatic rings. The quantitative estimate of drug-likeness (QED) is 0.815. The number of thioether (sulfide) groups is 1. The first-order valence-corrected chi connectivity index (χ1v) is 7.59. The van der Waals surface area contributed by atoms with Crippen LogP contribution < -0.4 is 5.56 Å². The second-order valence-electron chi connectivity index (χ2n) is 3.55. The Balaban J connectivity index is 2.19. The van der Waals surface area contributed by atoms with Crippen LogP contribution in [0.3, 0.4) is 0 Å². The van der Waals surface area contributed by atoms with Gasteiger partial charge in [-0.15, -0.1) is 11.3 Å². The molecule has 0 atom stereocenters. The Bertz CT molecular complexity index is 633. The zero-order chi connectivity index (χ0) is 13.1. The molecule has 0 aliphatic carbocycles. The lowest BCUT2D eigenvalue weighted by molar-refractivity contribution is 0.346. The van der Waals surface area contributed by atoms with E-state index >= 15 is 0 Å². The summed E-state index contributed by atoms with van der Waals surface area (Å²) < 4.78 is 7.22. The van der Waals surface area contributed by atoms with Gasteiger partial charge in [-0.25, -0.2) is 4.98 Å². The van der Waals surface area contributed by atoms with E-state index in [-0.39, 0.29) is 5.56 Å². The first-order chi connectivity index (χ1) is 8.60. The number of thiocarbonyl (C=S) groups is 1. The van der Waals surface area contributed by atoms with Crippen LogP contribution in [-0.2, 0) is 10.5 Å². The Kier molecular flexibility index (Phi) is 4.36. The van der Waals surface area contributed by atoms with E-state index in [1.165, 1.54) is 23.1 Å². The summed E-state index contributed by atoms with van der Waals surface area (Å²) in [7, 11) is 0. The summed E-state index contributed by atoms with van der Waals surface area (Å²) in [5.41, 5.74) is 0.677. The maximum atomic E-state index is 11.8. The fourth-order valence-corrected chi connectivity index (χ4v) is 3.18. The number of ether oxygens (including phenoxy) is 1. The molecular formula is C11H12N2O2S3. The van der Waals surface area contributed by atoms with Crippen molar-refractivity contribution >= 4 is 44.7 Å². The molecule has 0 N–H and O–H groups in total. The van der Waals surface area contributed by atoms with Crippen LogP contribution in [0.25, 0.3) is 4.96 Å². The molecule has 0 aromatic carbocycles. The molecule has 2 heterocycles. The second kappa shape index (κ2) is 5.81. The van der Waals surface area contributed by atoms with Crippen LogP contribution in [0.15, 0.2) is 17.1 Å². The standard InChI is InChI=1S/C11H12N2O2S3/c1-3-15-11(16)17-6-8-4-9(14)13-5-7(2)18-10(13)12-8/h4-5H,3,6H2,1-2H3. The van der Waals surface area contributed by atoms with Crippen LogP contribution >= 0.6 is 35.3 Å². The highest BCUT2D eigenvalue weighted by molar-refractivity contribution is 8.22. The molecule has 0 aliphatic rings. The van der Waals surface area contributed by atoms with Crippen molar-refractivity contribution in [3.05, 3.63) is 33.2 Å². The van der Waals surface area contributed by atoms with E-state index in [0.717, 1.165) is 15.5 Å². The predicted molar refractivity (Wildman–Crippen MR) is 79.6 cm³/mol. The molecule has 2 aromatic heterocycles. The van der Waals surface area contributed by atoms with E-state index in [0.29, 0.717) is 16.7 Å². The minimum Gasteiger partial charge on any atom is -0.479 e. The smallest absolute Gasteiger partial charge is 0.258 e. The molecule has 2 rings (SSSR count). The summed E-state index contributed by atoms with van der Waals surface area (Å²) in [5.74, 6) is 0.557. The first-order valence-electron chi connectivity index (χ1n) is 5.38. The van der Waals surface area contributed by atoms with E-state index in [4.69, 9.17) is 17.0 Å². The fourth-order valence-electron chi connectivity index (χ4n) is 1.42. The number of fused-ring (bicyclic) bond motifs is 1. The Hall–Kier alpha value is -0.920. The Labute approximate surface area is 118 Å². The highest BCUT2D eigenvalue weighted by Gasteiger charge is 2.07. The van der Waals surface area contributed by atoms with E-state index < -0.39 is 0 Å². The SMILES string of the molecule is CCOC(=S)SCc1cc(=O)n2cc(C)sc2n1. The van der Waals surface area contributed by atoms with Gasteiger partial charge in [0.15, 0.2) is 4.96 Å². The highest BCUT2D eigenvalue weighted by Crippen LogP contribution is 2.16.